The first kappa shape index (κ1) is 19.8. The smallest absolute Gasteiger partial charge is 0.243 e. The molecule has 1 saturated heterocycles. The Kier molecular flexibility index (Phi) is 5.80. The van der Waals surface area contributed by atoms with Crippen molar-refractivity contribution in [2.75, 3.05) is 19.6 Å². The monoisotopic (exact) mass is 411 g/mol. The van der Waals surface area contributed by atoms with Crippen LogP contribution in [0.3, 0.4) is 0 Å². The van der Waals surface area contributed by atoms with Gasteiger partial charge >= 0.3 is 0 Å². The SMILES string of the molecule is O=S(=O)(c1cccc2c(O)nccc12)N1CCCC(NCCc2ccccc2)C1. The zero-order chi connectivity index (χ0) is 20.3. The Bertz CT molecular complexity index is 1090. The lowest BCUT2D eigenvalue weighted by molar-refractivity contribution is 0.284. The van der Waals surface area contributed by atoms with Gasteiger partial charge < -0.3 is 10.4 Å². The highest BCUT2D eigenvalue weighted by atomic mass is 32.2. The van der Waals surface area contributed by atoms with E-state index in [1.807, 2.05) is 18.2 Å². The molecule has 2 N–H and O–H groups in total. The third-order valence-electron chi connectivity index (χ3n) is 5.44. The van der Waals surface area contributed by atoms with E-state index in [1.54, 1.807) is 28.6 Å². The first-order valence-corrected chi connectivity index (χ1v) is 11.3. The number of hydrogen-bond acceptors (Lipinski definition) is 5. The number of hydrogen-bond donors (Lipinski definition) is 2. The lowest BCUT2D eigenvalue weighted by Gasteiger charge is -2.32. The molecule has 7 heteroatoms. The lowest BCUT2D eigenvalue weighted by Crippen LogP contribution is -2.48. The fraction of sp³-hybridized carbons (Fsp3) is 0.318. The van der Waals surface area contributed by atoms with Crippen molar-refractivity contribution in [3.63, 3.8) is 0 Å². The molecule has 3 aromatic rings. The van der Waals surface area contributed by atoms with Gasteiger partial charge in [0.2, 0.25) is 15.9 Å². The van der Waals surface area contributed by atoms with E-state index >= 15 is 0 Å². The normalized spacial score (nSPS) is 18.1. The number of nitrogens with one attached hydrogen (secondary N) is 1. The molecule has 4 rings (SSSR count). The van der Waals surface area contributed by atoms with E-state index in [0.717, 1.165) is 25.8 Å². The minimum atomic E-state index is -3.66. The quantitative estimate of drug-likeness (QED) is 0.652. The number of aromatic nitrogens is 1. The van der Waals surface area contributed by atoms with Gasteiger partial charge in [-0.2, -0.15) is 4.31 Å². The van der Waals surface area contributed by atoms with Crippen molar-refractivity contribution in [2.24, 2.45) is 0 Å². The van der Waals surface area contributed by atoms with Crippen LogP contribution in [0.15, 0.2) is 65.7 Å². The fourth-order valence-corrected chi connectivity index (χ4v) is 5.65. The Morgan fingerprint density at radius 1 is 1.07 bits per heavy atom. The fourth-order valence-electron chi connectivity index (χ4n) is 3.92. The number of pyridine rings is 1. The predicted molar refractivity (Wildman–Crippen MR) is 113 cm³/mol. The highest BCUT2D eigenvalue weighted by Crippen LogP contribution is 2.30. The molecule has 2 heterocycles. The van der Waals surface area contributed by atoms with Gasteiger partial charge in [0.05, 0.1) is 4.90 Å². The Labute approximate surface area is 171 Å². The van der Waals surface area contributed by atoms with Gasteiger partial charge in [-0.1, -0.05) is 36.4 Å². The molecule has 1 aliphatic heterocycles. The Morgan fingerprint density at radius 2 is 1.90 bits per heavy atom. The van der Waals surface area contributed by atoms with Crippen molar-refractivity contribution in [3.8, 4) is 5.88 Å². The summed E-state index contributed by atoms with van der Waals surface area (Å²) >= 11 is 0. The Hall–Kier alpha value is -2.48. The number of nitrogens with zero attached hydrogens (tertiary/aromatic N) is 2. The highest BCUT2D eigenvalue weighted by molar-refractivity contribution is 7.89. The molecule has 0 radical (unpaired) electrons. The standard InChI is InChI=1S/C22H25N3O3S/c26-22-20-9-4-10-21(19(20)12-14-24-22)29(27,28)25-15-5-8-18(16-25)23-13-11-17-6-2-1-3-7-17/h1-4,6-7,9-10,12,14,18,23H,5,8,11,13,15-16H2,(H,24,26). The molecule has 1 atom stereocenters. The van der Waals surface area contributed by atoms with Gasteiger partial charge in [-0.3, -0.25) is 0 Å². The largest absolute Gasteiger partial charge is 0.493 e. The molecular formula is C22H25N3O3S. The number of fused-ring (bicyclic) bond motifs is 1. The van der Waals surface area contributed by atoms with E-state index in [9.17, 15) is 13.5 Å². The summed E-state index contributed by atoms with van der Waals surface area (Å²) in [4.78, 5) is 4.07. The van der Waals surface area contributed by atoms with Crippen molar-refractivity contribution in [1.29, 1.82) is 0 Å². The van der Waals surface area contributed by atoms with E-state index in [1.165, 1.54) is 11.8 Å². The predicted octanol–water partition coefficient (Wildman–Crippen LogP) is 2.93. The third kappa shape index (κ3) is 4.27. The van der Waals surface area contributed by atoms with Crippen molar-refractivity contribution < 1.29 is 13.5 Å². The van der Waals surface area contributed by atoms with Crippen LogP contribution in [0.2, 0.25) is 0 Å². The molecule has 1 aliphatic rings. The van der Waals surface area contributed by atoms with Gasteiger partial charge in [0.15, 0.2) is 0 Å². The second kappa shape index (κ2) is 8.49. The average molecular weight is 412 g/mol. The highest BCUT2D eigenvalue weighted by Gasteiger charge is 2.31. The average Bonchev–Trinajstić information content (AvgIpc) is 2.75. The molecule has 1 unspecified atom stereocenters. The van der Waals surface area contributed by atoms with Crippen LogP contribution in [-0.4, -0.2) is 48.5 Å². The molecule has 0 amide bonds. The number of aromatic hydroxyl groups is 1. The maximum atomic E-state index is 13.3. The number of piperidine rings is 1. The van der Waals surface area contributed by atoms with E-state index in [0.29, 0.717) is 23.9 Å². The molecule has 0 aliphatic carbocycles. The van der Waals surface area contributed by atoms with Crippen LogP contribution in [0.5, 0.6) is 5.88 Å². The van der Waals surface area contributed by atoms with Crippen molar-refractivity contribution in [3.05, 3.63) is 66.4 Å². The summed E-state index contributed by atoms with van der Waals surface area (Å²) in [5, 5.41) is 14.4. The molecule has 0 saturated carbocycles. The topological polar surface area (TPSA) is 82.5 Å². The van der Waals surface area contributed by atoms with Crippen LogP contribution >= 0.6 is 0 Å². The zero-order valence-electron chi connectivity index (χ0n) is 16.2. The van der Waals surface area contributed by atoms with Crippen LogP contribution in [0.1, 0.15) is 18.4 Å². The summed E-state index contributed by atoms with van der Waals surface area (Å²) in [6.45, 7) is 1.77. The van der Waals surface area contributed by atoms with E-state index < -0.39 is 10.0 Å². The molecule has 1 aromatic heterocycles. The van der Waals surface area contributed by atoms with E-state index in [4.69, 9.17) is 0 Å². The summed E-state index contributed by atoms with van der Waals surface area (Å²) in [6.07, 6.45) is 4.13. The van der Waals surface area contributed by atoms with Crippen LogP contribution in [0.25, 0.3) is 10.8 Å². The minimum absolute atomic E-state index is 0.132. The Morgan fingerprint density at radius 3 is 2.72 bits per heavy atom. The third-order valence-corrected chi connectivity index (χ3v) is 7.36. The first-order chi connectivity index (χ1) is 14.1. The van der Waals surface area contributed by atoms with Crippen molar-refractivity contribution >= 4 is 20.8 Å². The molecule has 1 fully saturated rings. The van der Waals surface area contributed by atoms with E-state index in [2.05, 4.69) is 22.4 Å². The maximum Gasteiger partial charge on any atom is 0.243 e. The van der Waals surface area contributed by atoms with Gasteiger partial charge in [0.25, 0.3) is 0 Å². The number of sulfonamides is 1. The van der Waals surface area contributed by atoms with Crippen molar-refractivity contribution in [1.82, 2.24) is 14.6 Å². The van der Waals surface area contributed by atoms with Gasteiger partial charge in [0, 0.05) is 36.1 Å². The molecule has 2 aromatic carbocycles. The zero-order valence-corrected chi connectivity index (χ0v) is 17.0. The summed E-state index contributed by atoms with van der Waals surface area (Å²) in [5.41, 5.74) is 1.27. The molecule has 0 spiro atoms. The van der Waals surface area contributed by atoms with Crippen molar-refractivity contribution in [2.45, 2.75) is 30.2 Å². The van der Waals surface area contributed by atoms with E-state index in [-0.39, 0.29) is 16.8 Å². The molecule has 152 valence electrons. The summed E-state index contributed by atoms with van der Waals surface area (Å²) in [6, 6.07) is 17.0. The second-order valence-electron chi connectivity index (χ2n) is 7.38. The van der Waals surface area contributed by atoms with Gasteiger partial charge in [-0.25, -0.2) is 13.4 Å². The maximum absolute atomic E-state index is 13.3. The van der Waals surface area contributed by atoms with Crippen LogP contribution in [-0.2, 0) is 16.4 Å². The van der Waals surface area contributed by atoms with Gasteiger partial charge in [0.1, 0.15) is 0 Å². The van der Waals surface area contributed by atoms with Gasteiger partial charge in [-0.05, 0) is 49.6 Å². The molecule has 0 bridgehead atoms. The second-order valence-corrected chi connectivity index (χ2v) is 9.28. The van der Waals surface area contributed by atoms with Crippen LogP contribution < -0.4 is 5.32 Å². The van der Waals surface area contributed by atoms with Crippen LogP contribution in [0, 0.1) is 0 Å². The number of benzene rings is 2. The summed E-state index contributed by atoms with van der Waals surface area (Å²) < 4.78 is 28.3. The molecular weight excluding hydrogens is 386 g/mol. The first-order valence-electron chi connectivity index (χ1n) is 9.90. The summed E-state index contributed by atoms with van der Waals surface area (Å²) in [5.74, 6) is -0.154. The molecule has 6 nitrogen and oxygen atoms in total. The number of rotatable bonds is 6. The summed E-state index contributed by atoms with van der Waals surface area (Å²) in [7, 11) is -3.66. The Balaban J connectivity index is 1.48. The minimum Gasteiger partial charge on any atom is -0.493 e. The van der Waals surface area contributed by atoms with Gasteiger partial charge in [-0.15, -0.1) is 0 Å². The molecule has 29 heavy (non-hydrogen) atoms. The lowest BCUT2D eigenvalue weighted by atomic mass is 10.1. The van der Waals surface area contributed by atoms with Crippen LogP contribution in [0.4, 0.5) is 0 Å².